The third-order valence-electron chi connectivity index (χ3n) is 5.79. The quantitative estimate of drug-likeness (QED) is 0.274. The maximum atomic E-state index is 13.6. The summed E-state index contributed by atoms with van der Waals surface area (Å²) in [4.78, 5) is 13.0. The number of carbonyl (C=O) groups is 1. The minimum atomic E-state index is -4.16. The topological polar surface area (TPSA) is 88.9 Å². The molecule has 1 amide bonds. The molecule has 0 aliphatic rings. The second-order valence-electron chi connectivity index (χ2n) is 8.25. The van der Waals surface area contributed by atoms with Crippen LogP contribution in [0.15, 0.2) is 100 Å². The van der Waals surface area contributed by atoms with Crippen molar-refractivity contribution in [3.05, 3.63) is 96.8 Å². The number of benzene rings is 4. The molecule has 9 heteroatoms. The van der Waals surface area contributed by atoms with Gasteiger partial charge in [0.2, 0.25) is 5.91 Å². The lowest BCUT2D eigenvalue weighted by atomic mass is 10.1. The first-order valence-electron chi connectivity index (χ1n) is 11.6. The van der Waals surface area contributed by atoms with Crippen molar-refractivity contribution in [3.8, 4) is 5.75 Å². The second kappa shape index (κ2) is 9.94. The molecular formula is C28H23FN2O5S. The molecule has 0 aliphatic heterocycles. The standard InChI is InChI=1S/C28H23FN2O5S/c1-2-35-22-12-14-23(15-13-22)37(33,34)31(21-10-7-19(29)8-11-21)18-28(32)30-20-9-16-25-24-5-3-4-6-26(24)36-27(25)17-20/h3-17H,2,18H2,1H3,(H,30,32). The molecule has 188 valence electrons. The van der Waals surface area contributed by atoms with Crippen molar-refractivity contribution in [2.24, 2.45) is 0 Å². The van der Waals surface area contributed by atoms with E-state index in [1.807, 2.05) is 37.3 Å². The molecule has 0 unspecified atom stereocenters. The number of anilines is 2. The van der Waals surface area contributed by atoms with Crippen molar-refractivity contribution in [2.75, 3.05) is 22.8 Å². The molecule has 4 aromatic carbocycles. The highest BCUT2D eigenvalue weighted by Gasteiger charge is 2.27. The third-order valence-corrected chi connectivity index (χ3v) is 7.58. The minimum absolute atomic E-state index is 0.0308. The summed E-state index contributed by atoms with van der Waals surface area (Å²) in [7, 11) is -4.16. The van der Waals surface area contributed by atoms with Crippen molar-refractivity contribution in [2.45, 2.75) is 11.8 Å². The molecule has 7 nitrogen and oxygen atoms in total. The van der Waals surface area contributed by atoms with Crippen molar-refractivity contribution in [1.82, 2.24) is 0 Å². The summed E-state index contributed by atoms with van der Waals surface area (Å²) >= 11 is 0. The van der Waals surface area contributed by atoms with Gasteiger partial charge in [-0.2, -0.15) is 0 Å². The van der Waals surface area contributed by atoms with E-state index < -0.39 is 28.3 Å². The number of para-hydroxylation sites is 1. The molecular weight excluding hydrogens is 495 g/mol. The van der Waals surface area contributed by atoms with Gasteiger partial charge in [0.05, 0.1) is 17.2 Å². The number of sulfonamides is 1. The summed E-state index contributed by atoms with van der Waals surface area (Å²) in [5.74, 6) is -0.575. The summed E-state index contributed by atoms with van der Waals surface area (Å²) in [6, 6.07) is 23.7. The minimum Gasteiger partial charge on any atom is -0.494 e. The molecule has 37 heavy (non-hydrogen) atoms. The van der Waals surface area contributed by atoms with Gasteiger partial charge in [0.1, 0.15) is 29.3 Å². The van der Waals surface area contributed by atoms with Crippen molar-refractivity contribution < 1.29 is 26.8 Å². The lowest BCUT2D eigenvalue weighted by Crippen LogP contribution is -2.38. The van der Waals surface area contributed by atoms with Gasteiger partial charge in [0.25, 0.3) is 10.0 Å². The fourth-order valence-corrected chi connectivity index (χ4v) is 5.48. The maximum absolute atomic E-state index is 13.6. The van der Waals surface area contributed by atoms with Crippen LogP contribution in [-0.4, -0.2) is 27.5 Å². The third kappa shape index (κ3) is 4.99. The van der Waals surface area contributed by atoms with Crippen LogP contribution in [-0.2, 0) is 14.8 Å². The van der Waals surface area contributed by atoms with Crippen LogP contribution in [0, 0.1) is 5.82 Å². The Morgan fingerprint density at radius 2 is 1.62 bits per heavy atom. The van der Waals surface area contributed by atoms with E-state index in [0.29, 0.717) is 23.6 Å². The van der Waals surface area contributed by atoms with Gasteiger partial charge in [-0.1, -0.05) is 18.2 Å². The van der Waals surface area contributed by atoms with Gasteiger partial charge in [0.15, 0.2) is 0 Å². The van der Waals surface area contributed by atoms with E-state index in [1.54, 1.807) is 24.3 Å². The summed E-state index contributed by atoms with van der Waals surface area (Å²) in [5.41, 5.74) is 1.92. The van der Waals surface area contributed by atoms with E-state index in [4.69, 9.17) is 9.15 Å². The van der Waals surface area contributed by atoms with Crippen LogP contribution in [0.1, 0.15) is 6.92 Å². The number of nitrogens with zero attached hydrogens (tertiary/aromatic N) is 1. The van der Waals surface area contributed by atoms with Crippen molar-refractivity contribution in [1.29, 1.82) is 0 Å². The average molecular weight is 519 g/mol. The van der Waals surface area contributed by atoms with Crippen LogP contribution in [0.3, 0.4) is 0 Å². The molecule has 1 aromatic heterocycles. The van der Waals surface area contributed by atoms with Gasteiger partial charge in [-0.05, 0) is 73.7 Å². The van der Waals surface area contributed by atoms with Crippen LogP contribution < -0.4 is 14.4 Å². The summed E-state index contributed by atoms with van der Waals surface area (Å²) in [6.07, 6.45) is 0. The number of fused-ring (bicyclic) bond motifs is 3. The fourth-order valence-electron chi connectivity index (χ4n) is 4.06. The number of amides is 1. The highest BCUT2D eigenvalue weighted by atomic mass is 32.2. The summed E-state index contributed by atoms with van der Waals surface area (Å²) < 4.78 is 52.9. The van der Waals surface area contributed by atoms with Crippen molar-refractivity contribution in [3.63, 3.8) is 0 Å². The number of furan rings is 1. The molecule has 0 saturated carbocycles. The van der Waals surface area contributed by atoms with Crippen LogP contribution in [0.2, 0.25) is 0 Å². The molecule has 0 saturated heterocycles. The number of carbonyl (C=O) groups excluding carboxylic acids is 1. The Hall–Kier alpha value is -4.37. The molecule has 5 aromatic rings. The zero-order valence-corrected chi connectivity index (χ0v) is 20.7. The first-order chi connectivity index (χ1) is 17.8. The van der Waals surface area contributed by atoms with E-state index in [2.05, 4.69) is 5.32 Å². The van der Waals surface area contributed by atoms with Gasteiger partial charge in [-0.3, -0.25) is 9.10 Å². The van der Waals surface area contributed by atoms with E-state index in [0.717, 1.165) is 32.8 Å². The van der Waals surface area contributed by atoms with E-state index in [9.17, 15) is 17.6 Å². The average Bonchev–Trinajstić information content (AvgIpc) is 3.26. The Kier molecular flexibility index (Phi) is 6.54. The Morgan fingerprint density at radius 1 is 0.919 bits per heavy atom. The molecule has 0 atom stereocenters. The number of hydrogen-bond acceptors (Lipinski definition) is 5. The fraction of sp³-hybridized carbons (Fsp3) is 0.107. The Morgan fingerprint density at radius 3 is 2.35 bits per heavy atom. The van der Waals surface area contributed by atoms with Gasteiger partial charge < -0.3 is 14.5 Å². The first-order valence-corrected chi connectivity index (χ1v) is 13.0. The van der Waals surface area contributed by atoms with Gasteiger partial charge in [0, 0.05) is 22.5 Å². The van der Waals surface area contributed by atoms with Crippen molar-refractivity contribution >= 4 is 49.2 Å². The van der Waals surface area contributed by atoms with E-state index in [-0.39, 0.29) is 10.6 Å². The number of ether oxygens (including phenoxy) is 1. The number of nitrogens with one attached hydrogen (secondary N) is 1. The molecule has 0 fully saturated rings. The number of halogens is 1. The largest absolute Gasteiger partial charge is 0.494 e. The monoisotopic (exact) mass is 518 g/mol. The van der Waals surface area contributed by atoms with Gasteiger partial charge in [-0.15, -0.1) is 0 Å². The normalized spacial score (nSPS) is 11.5. The molecule has 0 aliphatic carbocycles. The SMILES string of the molecule is CCOc1ccc(S(=O)(=O)N(CC(=O)Nc2ccc3c(c2)oc2ccccc23)c2ccc(F)cc2)cc1. The molecule has 0 bridgehead atoms. The number of rotatable bonds is 8. The van der Waals surface area contributed by atoms with Crippen LogP contribution in [0.4, 0.5) is 15.8 Å². The van der Waals surface area contributed by atoms with E-state index in [1.165, 1.54) is 24.3 Å². The summed E-state index contributed by atoms with van der Waals surface area (Å²) in [6.45, 7) is 1.73. The molecule has 1 N–H and O–H groups in total. The highest BCUT2D eigenvalue weighted by molar-refractivity contribution is 7.92. The first kappa shape index (κ1) is 24.3. The zero-order chi connectivity index (χ0) is 26.0. The summed E-state index contributed by atoms with van der Waals surface area (Å²) in [5, 5.41) is 4.60. The Bertz CT molecular complexity index is 1680. The lowest BCUT2D eigenvalue weighted by Gasteiger charge is -2.24. The van der Waals surface area contributed by atoms with Crippen LogP contribution in [0.25, 0.3) is 21.9 Å². The molecule has 1 heterocycles. The highest BCUT2D eigenvalue weighted by Crippen LogP contribution is 2.31. The van der Waals surface area contributed by atoms with Gasteiger partial charge in [-0.25, -0.2) is 12.8 Å². The molecule has 0 radical (unpaired) electrons. The smallest absolute Gasteiger partial charge is 0.264 e. The predicted molar refractivity (Wildman–Crippen MR) is 141 cm³/mol. The Labute approximate surface area is 213 Å². The Balaban J connectivity index is 1.43. The van der Waals surface area contributed by atoms with Crippen LogP contribution >= 0.6 is 0 Å². The number of hydrogen-bond donors (Lipinski definition) is 1. The van der Waals surface area contributed by atoms with Gasteiger partial charge >= 0.3 is 0 Å². The van der Waals surface area contributed by atoms with Crippen LogP contribution in [0.5, 0.6) is 5.75 Å². The predicted octanol–water partition coefficient (Wildman–Crippen LogP) is 5.96. The molecule has 5 rings (SSSR count). The molecule has 0 spiro atoms. The zero-order valence-electron chi connectivity index (χ0n) is 19.8. The maximum Gasteiger partial charge on any atom is 0.264 e. The van der Waals surface area contributed by atoms with E-state index >= 15 is 0 Å². The lowest BCUT2D eigenvalue weighted by molar-refractivity contribution is -0.114. The second-order valence-corrected chi connectivity index (χ2v) is 10.1.